The minimum absolute atomic E-state index is 0.104. The van der Waals surface area contributed by atoms with Gasteiger partial charge in [-0.1, -0.05) is 241 Å². The molecule has 0 aromatic rings. The van der Waals surface area contributed by atoms with E-state index in [1.807, 2.05) is 0 Å². The third-order valence-electron chi connectivity index (χ3n) is 14.1. The lowest BCUT2D eigenvalue weighted by Gasteiger charge is -2.21. The van der Waals surface area contributed by atoms with Crippen LogP contribution in [-0.4, -0.2) is 96.7 Å². The maximum Gasteiger partial charge on any atom is 0.472 e. The first-order valence-corrected chi connectivity index (χ1v) is 34.5. The predicted molar refractivity (Wildman–Crippen MR) is 312 cm³/mol. The maximum absolute atomic E-state index is 12.9. The summed E-state index contributed by atoms with van der Waals surface area (Å²) in [7, 11) is -9.87. The first kappa shape index (κ1) is 77.1. The summed E-state index contributed by atoms with van der Waals surface area (Å²) in [6.07, 6.45) is 33.6. The van der Waals surface area contributed by atoms with Gasteiger partial charge in [0.05, 0.1) is 26.4 Å². The number of rotatable bonds is 59. The van der Waals surface area contributed by atoms with Crippen molar-refractivity contribution >= 4 is 39.5 Å². The first-order chi connectivity index (χ1) is 37.9. The molecule has 6 atom stereocenters. The zero-order chi connectivity index (χ0) is 58.7. The predicted octanol–water partition coefficient (Wildman–Crippen LogP) is 16.1. The van der Waals surface area contributed by atoms with Crippen molar-refractivity contribution in [2.75, 3.05) is 39.6 Å². The zero-order valence-corrected chi connectivity index (χ0v) is 52.4. The number of phosphoric acid groups is 2. The van der Waals surface area contributed by atoms with E-state index in [9.17, 15) is 43.2 Å². The molecule has 468 valence electrons. The van der Waals surface area contributed by atoms with Crippen LogP contribution in [0.3, 0.4) is 0 Å². The highest BCUT2D eigenvalue weighted by Gasteiger charge is 2.30. The van der Waals surface area contributed by atoms with Crippen LogP contribution >= 0.6 is 15.6 Å². The lowest BCUT2D eigenvalue weighted by Crippen LogP contribution is -2.30. The highest BCUT2D eigenvalue weighted by Crippen LogP contribution is 2.45. The second-order valence-corrected chi connectivity index (χ2v) is 25.4. The molecule has 0 aliphatic rings. The van der Waals surface area contributed by atoms with E-state index in [1.54, 1.807) is 0 Å². The van der Waals surface area contributed by atoms with Gasteiger partial charge in [0, 0.05) is 25.7 Å². The third kappa shape index (κ3) is 53.8. The van der Waals surface area contributed by atoms with Gasteiger partial charge in [0.15, 0.2) is 12.2 Å². The van der Waals surface area contributed by atoms with Gasteiger partial charge in [-0.25, -0.2) is 9.13 Å². The molecule has 79 heavy (non-hydrogen) atoms. The fraction of sp³-hybridized carbons (Fsp3) is 0.933. The Bertz CT molecular complexity index is 1570. The van der Waals surface area contributed by atoms with Crippen molar-refractivity contribution in [2.24, 2.45) is 11.8 Å². The molecule has 0 aliphatic heterocycles. The number of esters is 4. The van der Waals surface area contributed by atoms with Crippen molar-refractivity contribution in [3.8, 4) is 0 Å². The van der Waals surface area contributed by atoms with Crippen LogP contribution in [0.4, 0.5) is 0 Å². The van der Waals surface area contributed by atoms with Crippen molar-refractivity contribution in [2.45, 2.75) is 310 Å². The summed E-state index contributed by atoms with van der Waals surface area (Å²) in [4.78, 5) is 71.8. The van der Waals surface area contributed by atoms with Crippen LogP contribution in [0.2, 0.25) is 0 Å². The van der Waals surface area contributed by atoms with Crippen molar-refractivity contribution in [3.05, 3.63) is 0 Å². The molecule has 0 amide bonds. The molecule has 3 N–H and O–H groups in total. The summed E-state index contributed by atoms with van der Waals surface area (Å²) < 4.78 is 67.7. The number of aliphatic hydroxyl groups excluding tert-OH is 1. The summed E-state index contributed by atoms with van der Waals surface area (Å²) in [5.41, 5.74) is 0. The molecule has 17 nitrogen and oxygen atoms in total. The summed E-state index contributed by atoms with van der Waals surface area (Å²) in [5.74, 6) is -0.664. The van der Waals surface area contributed by atoms with Crippen LogP contribution in [0.15, 0.2) is 0 Å². The highest BCUT2D eigenvalue weighted by atomic mass is 31.2. The van der Waals surface area contributed by atoms with Crippen LogP contribution in [-0.2, 0) is 65.4 Å². The van der Waals surface area contributed by atoms with Crippen LogP contribution in [0.25, 0.3) is 0 Å². The zero-order valence-electron chi connectivity index (χ0n) is 50.7. The average molecular weight is 1170 g/mol. The van der Waals surface area contributed by atoms with Crippen LogP contribution in [0, 0.1) is 11.8 Å². The molecule has 3 unspecified atom stereocenters. The van der Waals surface area contributed by atoms with Gasteiger partial charge in [-0.05, 0) is 37.5 Å². The molecule has 0 fully saturated rings. The Morgan fingerprint density at radius 1 is 0.367 bits per heavy atom. The van der Waals surface area contributed by atoms with Gasteiger partial charge in [0.1, 0.15) is 19.3 Å². The number of hydrogen-bond acceptors (Lipinski definition) is 15. The molecule has 0 saturated heterocycles. The topological polar surface area (TPSA) is 237 Å². The van der Waals surface area contributed by atoms with E-state index in [0.29, 0.717) is 31.6 Å². The van der Waals surface area contributed by atoms with Crippen molar-refractivity contribution in [3.63, 3.8) is 0 Å². The fourth-order valence-corrected chi connectivity index (χ4v) is 10.4. The largest absolute Gasteiger partial charge is 0.472 e. The summed E-state index contributed by atoms with van der Waals surface area (Å²) >= 11 is 0. The minimum Gasteiger partial charge on any atom is -0.462 e. The molecule has 0 aromatic carbocycles. The number of hydrogen-bond donors (Lipinski definition) is 3. The molecule has 0 radical (unpaired) electrons. The van der Waals surface area contributed by atoms with Crippen LogP contribution in [0.1, 0.15) is 292 Å². The number of carbonyl (C=O) groups is 4. The van der Waals surface area contributed by atoms with Crippen molar-refractivity contribution in [1.82, 2.24) is 0 Å². The Labute approximate surface area is 479 Å². The van der Waals surface area contributed by atoms with E-state index in [2.05, 4.69) is 41.5 Å². The van der Waals surface area contributed by atoms with E-state index >= 15 is 0 Å². The van der Waals surface area contributed by atoms with Crippen molar-refractivity contribution < 1.29 is 80.2 Å². The summed E-state index contributed by atoms with van der Waals surface area (Å²) in [5, 5.41) is 10.5. The fourth-order valence-electron chi connectivity index (χ4n) is 8.79. The number of aliphatic hydroxyl groups is 1. The van der Waals surface area contributed by atoms with Gasteiger partial charge < -0.3 is 33.8 Å². The lowest BCUT2D eigenvalue weighted by atomic mass is 9.99. The number of carbonyl (C=O) groups excluding carboxylic acids is 4. The van der Waals surface area contributed by atoms with E-state index < -0.39 is 97.5 Å². The molecule has 0 saturated carbocycles. The molecule has 0 spiro atoms. The second kappa shape index (κ2) is 52.8. The maximum atomic E-state index is 12.9. The number of ether oxygens (including phenoxy) is 4. The molecule has 0 heterocycles. The monoisotopic (exact) mass is 1170 g/mol. The third-order valence-corrected chi connectivity index (χ3v) is 16.0. The van der Waals surface area contributed by atoms with Crippen LogP contribution in [0.5, 0.6) is 0 Å². The summed E-state index contributed by atoms with van der Waals surface area (Å²) in [6, 6.07) is 0. The van der Waals surface area contributed by atoms with Gasteiger partial charge in [0.2, 0.25) is 0 Å². The van der Waals surface area contributed by atoms with Gasteiger partial charge in [-0.15, -0.1) is 0 Å². The smallest absolute Gasteiger partial charge is 0.462 e. The van der Waals surface area contributed by atoms with Gasteiger partial charge in [0.25, 0.3) is 0 Å². The Morgan fingerprint density at radius 3 is 0.962 bits per heavy atom. The molecule has 0 aliphatic carbocycles. The molecule has 0 aromatic heterocycles. The lowest BCUT2D eigenvalue weighted by molar-refractivity contribution is -0.161. The number of phosphoric ester groups is 2. The molecule has 0 bridgehead atoms. The molecular weight excluding hydrogens is 1050 g/mol. The first-order valence-electron chi connectivity index (χ1n) is 31.5. The summed E-state index contributed by atoms with van der Waals surface area (Å²) in [6.45, 7) is 9.35. The van der Waals surface area contributed by atoms with Gasteiger partial charge in [-0.3, -0.25) is 37.3 Å². The molecule has 0 rings (SSSR count). The van der Waals surface area contributed by atoms with Gasteiger partial charge in [-0.2, -0.15) is 0 Å². The van der Waals surface area contributed by atoms with Gasteiger partial charge >= 0.3 is 39.5 Å². The Morgan fingerprint density at radius 2 is 0.646 bits per heavy atom. The standard InChI is InChI=1S/C60H116O17P2/c1-7-10-12-14-16-23-30-36-42-57(62)70-48-55(76-59(64)44-38-32-24-17-15-13-11-8-2)50-74-78(66,67)72-46-54(61)47-73-79(68,69)75-51-56(49-71-58(63)43-37-31-27-26-28-34-40-52(4)5)77-60(65)45-39-33-25-21-19-18-20-22-29-35-41-53(6)9-3/h52-56,61H,7-51H2,1-6H3,(H,66,67)(H,68,69)/t53?,54-,55+,56+/m0/s1. The Hall–Kier alpha value is -1.94. The normalized spacial score (nSPS) is 14.8. The Balaban J connectivity index is 5.21. The average Bonchev–Trinajstić information content (AvgIpc) is 3.41. The molecule has 19 heteroatoms. The highest BCUT2D eigenvalue weighted by molar-refractivity contribution is 7.47. The van der Waals surface area contributed by atoms with E-state index in [-0.39, 0.29) is 25.7 Å². The van der Waals surface area contributed by atoms with Crippen LogP contribution < -0.4 is 0 Å². The van der Waals surface area contributed by atoms with Crippen molar-refractivity contribution in [1.29, 1.82) is 0 Å². The Kier molecular flexibility index (Phi) is 51.5. The quantitative estimate of drug-likeness (QED) is 0.0222. The molecular formula is C60H116O17P2. The van der Waals surface area contributed by atoms with E-state index in [0.717, 1.165) is 115 Å². The van der Waals surface area contributed by atoms with E-state index in [4.69, 9.17) is 37.0 Å². The minimum atomic E-state index is -4.94. The number of unbranched alkanes of at least 4 members (excludes halogenated alkanes) is 28. The second-order valence-electron chi connectivity index (χ2n) is 22.5. The van der Waals surface area contributed by atoms with E-state index in [1.165, 1.54) is 89.9 Å². The SMILES string of the molecule is CCCCCCCCCCC(=O)OC[C@H](COP(=O)(O)OC[C@H](O)COP(=O)(O)OC[C@@H](COC(=O)CCCCCCCCC(C)C)OC(=O)CCCCCCCCCCCCC(C)CC)OC(=O)CCCCCCCCCC.